The largest absolute Gasteiger partial charge is 0.495 e. The predicted molar refractivity (Wildman–Crippen MR) is 65.6 cm³/mol. The Kier molecular flexibility index (Phi) is 3.78. The number of nitrogens with zero attached hydrogens (tertiary/aromatic N) is 1. The summed E-state index contributed by atoms with van der Waals surface area (Å²) in [5.41, 5.74) is 1.72. The Balaban J connectivity index is 2.81. The normalized spacial score (nSPS) is 10.7. The van der Waals surface area contributed by atoms with Crippen molar-refractivity contribution in [3.8, 4) is 11.8 Å². The molecule has 0 aromatic heterocycles. The Hall–Kier alpha value is -1.69. The lowest BCUT2D eigenvalue weighted by molar-refractivity contribution is 0.415. The van der Waals surface area contributed by atoms with Gasteiger partial charge >= 0.3 is 0 Å². The van der Waals surface area contributed by atoms with Gasteiger partial charge in [-0.2, -0.15) is 5.26 Å². The molecule has 0 aliphatic carbocycles. The summed E-state index contributed by atoms with van der Waals surface area (Å²) >= 11 is 0. The van der Waals surface area contributed by atoms with Gasteiger partial charge in [0.25, 0.3) is 0 Å². The van der Waals surface area contributed by atoms with Gasteiger partial charge in [0.1, 0.15) is 5.75 Å². The molecule has 1 aromatic rings. The molecular formula is C13H18N2O. The molecule has 0 atom stereocenters. The van der Waals surface area contributed by atoms with Gasteiger partial charge < -0.3 is 10.1 Å². The second kappa shape index (κ2) is 4.89. The minimum absolute atomic E-state index is 0.380. The van der Waals surface area contributed by atoms with Crippen molar-refractivity contribution in [2.45, 2.75) is 20.8 Å². The van der Waals surface area contributed by atoms with Crippen molar-refractivity contribution >= 4 is 5.69 Å². The van der Waals surface area contributed by atoms with E-state index in [0.29, 0.717) is 6.54 Å². The van der Waals surface area contributed by atoms with Gasteiger partial charge in [0.15, 0.2) is 0 Å². The van der Waals surface area contributed by atoms with E-state index in [0.717, 1.165) is 17.0 Å². The zero-order chi connectivity index (χ0) is 12.2. The summed E-state index contributed by atoms with van der Waals surface area (Å²) in [6.45, 7) is 6.44. The average Bonchev–Trinajstić information content (AvgIpc) is 2.27. The van der Waals surface area contributed by atoms with Gasteiger partial charge in [-0.05, 0) is 38.5 Å². The lowest BCUT2D eigenvalue weighted by Crippen LogP contribution is -2.21. The smallest absolute Gasteiger partial charge is 0.141 e. The molecule has 16 heavy (non-hydrogen) atoms. The van der Waals surface area contributed by atoms with Crippen LogP contribution in [0.3, 0.4) is 0 Å². The molecule has 1 N–H and O–H groups in total. The molecule has 0 aliphatic rings. The van der Waals surface area contributed by atoms with Crippen LogP contribution in [-0.4, -0.2) is 13.7 Å². The fourth-order valence-electron chi connectivity index (χ4n) is 1.32. The predicted octanol–water partition coefficient (Wildman–Crippen LogP) is 2.97. The van der Waals surface area contributed by atoms with Crippen molar-refractivity contribution in [2.24, 2.45) is 5.41 Å². The van der Waals surface area contributed by atoms with Crippen LogP contribution in [0.1, 0.15) is 19.4 Å². The van der Waals surface area contributed by atoms with E-state index in [1.165, 1.54) is 0 Å². The van der Waals surface area contributed by atoms with Crippen molar-refractivity contribution < 1.29 is 4.74 Å². The zero-order valence-electron chi connectivity index (χ0n) is 10.3. The molecule has 0 spiro atoms. The van der Waals surface area contributed by atoms with Crippen LogP contribution < -0.4 is 10.1 Å². The Bertz CT molecular complexity index is 405. The average molecular weight is 218 g/mol. The van der Waals surface area contributed by atoms with Gasteiger partial charge in [-0.15, -0.1) is 0 Å². The summed E-state index contributed by atoms with van der Waals surface area (Å²) in [7, 11) is 1.64. The highest BCUT2D eigenvalue weighted by molar-refractivity contribution is 5.58. The molecule has 1 aromatic carbocycles. The zero-order valence-corrected chi connectivity index (χ0v) is 10.3. The van der Waals surface area contributed by atoms with E-state index in [1.807, 2.05) is 39.0 Å². The second-order valence-corrected chi connectivity index (χ2v) is 4.55. The number of rotatable bonds is 4. The highest BCUT2D eigenvalue weighted by Crippen LogP contribution is 2.26. The van der Waals surface area contributed by atoms with E-state index in [2.05, 4.69) is 11.4 Å². The molecule has 1 rings (SSSR count). The number of nitrogens with one attached hydrogen (secondary N) is 1. The molecule has 0 bridgehead atoms. The molecule has 3 heteroatoms. The minimum Gasteiger partial charge on any atom is -0.495 e. The number of hydrogen-bond acceptors (Lipinski definition) is 3. The molecular weight excluding hydrogens is 200 g/mol. The standard InChI is InChI=1S/C13H18N2O/c1-10-5-6-12(16-4)11(7-10)15-9-13(2,3)8-14/h5-7,15H,9H2,1-4H3. The quantitative estimate of drug-likeness (QED) is 0.845. The fraction of sp³-hybridized carbons (Fsp3) is 0.462. The molecule has 0 radical (unpaired) electrons. The first kappa shape index (κ1) is 12.4. The van der Waals surface area contributed by atoms with E-state index >= 15 is 0 Å². The molecule has 0 saturated heterocycles. The highest BCUT2D eigenvalue weighted by atomic mass is 16.5. The van der Waals surface area contributed by atoms with Gasteiger partial charge in [0.2, 0.25) is 0 Å². The number of ether oxygens (including phenoxy) is 1. The third-order valence-corrected chi connectivity index (χ3v) is 2.38. The Morgan fingerprint density at radius 3 is 2.69 bits per heavy atom. The van der Waals surface area contributed by atoms with Gasteiger partial charge in [-0.3, -0.25) is 0 Å². The molecule has 0 saturated carbocycles. The number of benzene rings is 1. The molecule has 0 amide bonds. The number of nitriles is 1. The maximum Gasteiger partial charge on any atom is 0.141 e. The number of methoxy groups -OCH3 is 1. The molecule has 0 fully saturated rings. The molecule has 0 heterocycles. The summed E-state index contributed by atoms with van der Waals surface area (Å²) in [6, 6.07) is 8.21. The molecule has 0 aliphatic heterocycles. The van der Waals surface area contributed by atoms with Gasteiger partial charge in [-0.25, -0.2) is 0 Å². The first-order valence-corrected chi connectivity index (χ1v) is 5.28. The molecule has 86 valence electrons. The second-order valence-electron chi connectivity index (χ2n) is 4.55. The van der Waals surface area contributed by atoms with Crippen LogP contribution in [0, 0.1) is 23.7 Å². The summed E-state index contributed by atoms with van der Waals surface area (Å²) in [4.78, 5) is 0. The van der Waals surface area contributed by atoms with Gasteiger partial charge in [0.05, 0.1) is 24.3 Å². The van der Waals surface area contributed by atoms with Crippen LogP contribution in [0.25, 0.3) is 0 Å². The van der Waals surface area contributed by atoms with Crippen molar-refractivity contribution in [3.05, 3.63) is 23.8 Å². The third-order valence-electron chi connectivity index (χ3n) is 2.38. The number of hydrogen-bond donors (Lipinski definition) is 1. The summed E-state index contributed by atoms with van der Waals surface area (Å²) in [6.07, 6.45) is 0. The van der Waals surface area contributed by atoms with Crippen molar-refractivity contribution in [1.29, 1.82) is 5.26 Å². The Labute approximate surface area is 97.0 Å². The van der Waals surface area contributed by atoms with Crippen LogP contribution in [0.4, 0.5) is 5.69 Å². The minimum atomic E-state index is -0.380. The molecule has 0 unspecified atom stereocenters. The van der Waals surface area contributed by atoms with Crippen LogP contribution in [0.5, 0.6) is 5.75 Å². The maximum absolute atomic E-state index is 8.93. The summed E-state index contributed by atoms with van der Waals surface area (Å²) in [5, 5.41) is 12.2. The highest BCUT2D eigenvalue weighted by Gasteiger charge is 2.16. The number of anilines is 1. The SMILES string of the molecule is COc1ccc(C)cc1NCC(C)(C)C#N. The van der Waals surface area contributed by atoms with Gasteiger partial charge in [-0.1, -0.05) is 6.07 Å². The Morgan fingerprint density at radius 2 is 2.12 bits per heavy atom. The molecule has 3 nitrogen and oxygen atoms in total. The maximum atomic E-state index is 8.93. The fourth-order valence-corrected chi connectivity index (χ4v) is 1.32. The van der Waals surface area contributed by atoms with Crippen LogP contribution in [0.2, 0.25) is 0 Å². The van der Waals surface area contributed by atoms with Crippen LogP contribution in [0.15, 0.2) is 18.2 Å². The third kappa shape index (κ3) is 3.16. The van der Waals surface area contributed by atoms with Gasteiger partial charge in [0, 0.05) is 6.54 Å². The van der Waals surface area contributed by atoms with E-state index in [4.69, 9.17) is 10.00 Å². The van der Waals surface area contributed by atoms with Crippen LogP contribution in [-0.2, 0) is 0 Å². The van der Waals surface area contributed by atoms with E-state index in [1.54, 1.807) is 7.11 Å². The number of aryl methyl sites for hydroxylation is 1. The Morgan fingerprint density at radius 1 is 1.44 bits per heavy atom. The van der Waals surface area contributed by atoms with E-state index in [-0.39, 0.29) is 5.41 Å². The summed E-state index contributed by atoms with van der Waals surface area (Å²) < 4.78 is 5.25. The van der Waals surface area contributed by atoms with Crippen molar-refractivity contribution in [1.82, 2.24) is 0 Å². The first-order chi connectivity index (χ1) is 7.48. The van der Waals surface area contributed by atoms with E-state index < -0.39 is 0 Å². The van der Waals surface area contributed by atoms with Crippen molar-refractivity contribution in [3.63, 3.8) is 0 Å². The first-order valence-electron chi connectivity index (χ1n) is 5.28. The monoisotopic (exact) mass is 218 g/mol. The van der Waals surface area contributed by atoms with Crippen molar-refractivity contribution in [2.75, 3.05) is 19.0 Å². The van der Waals surface area contributed by atoms with E-state index in [9.17, 15) is 0 Å². The lowest BCUT2D eigenvalue weighted by atomic mass is 9.96. The lowest BCUT2D eigenvalue weighted by Gasteiger charge is -2.18. The summed E-state index contributed by atoms with van der Waals surface area (Å²) in [5.74, 6) is 0.805. The topological polar surface area (TPSA) is 45.0 Å². The van der Waals surface area contributed by atoms with Crippen LogP contribution >= 0.6 is 0 Å².